The van der Waals surface area contributed by atoms with E-state index >= 15 is 0 Å². The molecule has 2 N–H and O–H groups in total. The minimum absolute atomic E-state index is 0.0828. The van der Waals surface area contributed by atoms with Gasteiger partial charge in [0, 0.05) is 16.2 Å². The largest absolute Gasteiger partial charge is 0.481 e. The number of benzene rings is 1. The molecule has 0 heterocycles. The first-order valence-electron chi connectivity index (χ1n) is 4.73. The summed E-state index contributed by atoms with van der Waals surface area (Å²) in [5.41, 5.74) is 2.08. The Morgan fingerprint density at radius 3 is 2.87 bits per heavy atom. The molecule has 1 aromatic rings. The Kier molecular flexibility index (Phi) is 4.15. The molecule has 0 aliphatic carbocycles. The highest BCUT2D eigenvalue weighted by atomic mass is 79.9. The molecule has 3 nitrogen and oxygen atoms in total. The van der Waals surface area contributed by atoms with Crippen LogP contribution < -0.4 is 5.32 Å². The Balaban J connectivity index is 2.71. The Hall–Kier alpha value is -1.03. The molecule has 1 atom stereocenters. The lowest BCUT2D eigenvalue weighted by Crippen LogP contribution is -2.19. The van der Waals surface area contributed by atoms with Crippen molar-refractivity contribution in [2.45, 2.75) is 26.3 Å². The van der Waals surface area contributed by atoms with E-state index in [2.05, 4.69) is 21.2 Å². The molecule has 0 fully saturated rings. The average Bonchev–Trinajstić information content (AvgIpc) is 2.10. The van der Waals surface area contributed by atoms with Crippen LogP contribution in [0.2, 0.25) is 0 Å². The summed E-state index contributed by atoms with van der Waals surface area (Å²) >= 11 is 3.42. The van der Waals surface area contributed by atoms with Crippen LogP contribution in [0.25, 0.3) is 0 Å². The van der Waals surface area contributed by atoms with Crippen LogP contribution in [0.15, 0.2) is 22.7 Å². The van der Waals surface area contributed by atoms with E-state index in [1.165, 1.54) is 0 Å². The van der Waals surface area contributed by atoms with Gasteiger partial charge >= 0.3 is 5.97 Å². The van der Waals surface area contributed by atoms with Crippen molar-refractivity contribution in [1.29, 1.82) is 0 Å². The van der Waals surface area contributed by atoms with Crippen LogP contribution in [0.5, 0.6) is 0 Å². The van der Waals surface area contributed by atoms with Gasteiger partial charge in [0.25, 0.3) is 0 Å². The predicted molar refractivity (Wildman–Crippen MR) is 64.2 cm³/mol. The lowest BCUT2D eigenvalue weighted by molar-refractivity contribution is -0.137. The molecule has 1 unspecified atom stereocenters. The number of anilines is 1. The summed E-state index contributed by atoms with van der Waals surface area (Å²) in [5, 5.41) is 11.8. The van der Waals surface area contributed by atoms with Gasteiger partial charge < -0.3 is 10.4 Å². The van der Waals surface area contributed by atoms with Gasteiger partial charge in [-0.25, -0.2) is 0 Å². The molecule has 0 amide bonds. The van der Waals surface area contributed by atoms with E-state index in [0.717, 1.165) is 15.7 Å². The first-order valence-corrected chi connectivity index (χ1v) is 5.53. The summed E-state index contributed by atoms with van der Waals surface area (Å²) < 4.78 is 0.949. The smallest absolute Gasteiger partial charge is 0.305 e. The normalized spacial score (nSPS) is 12.2. The number of hydrogen-bond donors (Lipinski definition) is 2. The Morgan fingerprint density at radius 1 is 1.60 bits per heavy atom. The molecule has 1 aromatic carbocycles. The molecule has 0 spiro atoms. The highest BCUT2D eigenvalue weighted by Crippen LogP contribution is 2.24. The van der Waals surface area contributed by atoms with Crippen LogP contribution >= 0.6 is 15.9 Å². The van der Waals surface area contributed by atoms with Crippen LogP contribution in [-0.4, -0.2) is 17.1 Å². The molecule has 0 aliphatic rings. The second-order valence-electron chi connectivity index (χ2n) is 3.63. The van der Waals surface area contributed by atoms with Crippen LogP contribution in [-0.2, 0) is 4.79 Å². The van der Waals surface area contributed by atoms with Crippen molar-refractivity contribution in [1.82, 2.24) is 0 Å². The number of halogens is 1. The van der Waals surface area contributed by atoms with E-state index in [-0.39, 0.29) is 12.5 Å². The molecule has 0 aromatic heterocycles. The monoisotopic (exact) mass is 271 g/mol. The van der Waals surface area contributed by atoms with E-state index in [0.29, 0.717) is 0 Å². The SMILES string of the molecule is Cc1ccc(Br)c(NC(C)CC(=O)O)c1. The van der Waals surface area contributed by atoms with E-state index < -0.39 is 5.97 Å². The van der Waals surface area contributed by atoms with Crippen molar-refractivity contribution in [2.24, 2.45) is 0 Å². The second kappa shape index (κ2) is 5.16. The topological polar surface area (TPSA) is 49.3 Å². The van der Waals surface area contributed by atoms with Crippen molar-refractivity contribution in [3.05, 3.63) is 28.2 Å². The second-order valence-corrected chi connectivity index (χ2v) is 4.48. The van der Waals surface area contributed by atoms with Crippen molar-refractivity contribution < 1.29 is 9.90 Å². The number of aliphatic carboxylic acids is 1. The Morgan fingerprint density at radius 2 is 2.27 bits per heavy atom. The van der Waals surface area contributed by atoms with Gasteiger partial charge in [0.1, 0.15) is 0 Å². The molecule has 4 heteroatoms. The van der Waals surface area contributed by atoms with Gasteiger partial charge in [0.2, 0.25) is 0 Å². The maximum Gasteiger partial charge on any atom is 0.305 e. The average molecular weight is 272 g/mol. The lowest BCUT2D eigenvalue weighted by atomic mass is 10.2. The van der Waals surface area contributed by atoms with Gasteiger partial charge in [-0.05, 0) is 47.5 Å². The van der Waals surface area contributed by atoms with Gasteiger partial charge in [0.15, 0.2) is 0 Å². The Labute approximate surface area is 97.6 Å². The van der Waals surface area contributed by atoms with Gasteiger partial charge in [-0.3, -0.25) is 4.79 Å². The summed E-state index contributed by atoms with van der Waals surface area (Å²) in [7, 11) is 0. The van der Waals surface area contributed by atoms with Crippen LogP contribution in [0.1, 0.15) is 18.9 Å². The van der Waals surface area contributed by atoms with Gasteiger partial charge in [-0.15, -0.1) is 0 Å². The van der Waals surface area contributed by atoms with Gasteiger partial charge in [0.05, 0.1) is 6.42 Å². The van der Waals surface area contributed by atoms with Gasteiger partial charge in [-0.2, -0.15) is 0 Å². The van der Waals surface area contributed by atoms with E-state index in [9.17, 15) is 4.79 Å². The number of hydrogen-bond acceptors (Lipinski definition) is 2. The molecular weight excluding hydrogens is 258 g/mol. The molecule has 0 radical (unpaired) electrons. The predicted octanol–water partition coefficient (Wildman–Crippen LogP) is 3.03. The number of carbonyl (C=O) groups is 1. The number of aryl methyl sites for hydroxylation is 1. The maximum absolute atomic E-state index is 10.5. The molecule has 15 heavy (non-hydrogen) atoms. The molecule has 0 aliphatic heterocycles. The maximum atomic E-state index is 10.5. The van der Waals surface area contributed by atoms with Crippen molar-refractivity contribution >= 4 is 27.6 Å². The third-order valence-electron chi connectivity index (χ3n) is 2.00. The summed E-state index contributed by atoms with van der Waals surface area (Å²) in [6, 6.07) is 5.85. The first-order chi connectivity index (χ1) is 6.99. The summed E-state index contributed by atoms with van der Waals surface area (Å²) in [6.45, 7) is 3.85. The molecule has 1 rings (SSSR count). The fourth-order valence-corrected chi connectivity index (χ4v) is 1.69. The lowest BCUT2D eigenvalue weighted by Gasteiger charge is -2.15. The zero-order valence-electron chi connectivity index (χ0n) is 8.75. The summed E-state index contributed by atoms with van der Waals surface area (Å²) in [6.07, 6.45) is 0.111. The minimum atomic E-state index is -0.793. The molecule has 82 valence electrons. The minimum Gasteiger partial charge on any atom is -0.481 e. The van der Waals surface area contributed by atoms with E-state index in [1.807, 2.05) is 32.0 Å². The number of carboxylic acids is 1. The van der Waals surface area contributed by atoms with Gasteiger partial charge in [-0.1, -0.05) is 6.07 Å². The van der Waals surface area contributed by atoms with E-state index in [4.69, 9.17) is 5.11 Å². The van der Waals surface area contributed by atoms with E-state index in [1.54, 1.807) is 0 Å². The third-order valence-corrected chi connectivity index (χ3v) is 2.70. The van der Waals surface area contributed by atoms with Crippen LogP contribution in [0.4, 0.5) is 5.69 Å². The highest BCUT2D eigenvalue weighted by Gasteiger charge is 2.08. The molecule has 0 bridgehead atoms. The standard InChI is InChI=1S/C11H14BrNO2/c1-7-3-4-9(12)10(5-7)13-8(2)6-11(14)15/h3-5,8,13H,6H2,1-2H3,(H,14,15). The van der Waals surface area contributed by atoms with Crippen molar-refractivity contribution in [3.8, 4) is 0 Å². The Bertz CT molecular complexity index is 366. The zero-order valence-corrected chi connectivity index (χ0v) is 10.3. The van der Waals surface area contributed by atoms with Crippen molar-refractivity contribution in [2.75, 3.05) is 5.32 Å². The number of nitrogens with one attached hydrogen (secondary N) is 1. The van der Waals surface area contributed by atoms with Crippen LogP contribution in [0.3, 0.4) is 0 Å². The fraction of sp³-hybridized carbons (Fsp3) is 0.364. The highest BCUT2D eigenvalue weighted by molar-refractivity contribution is 9.10. The molecule has 0 saturated carbocycles. The first kappa shape index (κ1) is 12.0. The summed E-state index contributed by atoms with van der Waals surface area (Å²) in [4.78, 5) is 10.5. The number of rotatable bonds is 4. The van der Waals surface area contributed by atoms with Crippen molar-refractivity contribution in [3.63, 3.8) is 0 Å². The molecule has 0 saturated heterocycles. The van der Waals surface area contributed by atoms with Crippen LogP contribution in [0, 0.1) is 6.92 Å². The molecular formula is C11H14BrNO2. The summed E-state index contributed by atoms with van der Waals surface area (Å²) in [5.74, 6) is -0.793. The quantitative estimate of drug-likeness (QED) is 0.885. The zero-order chi connectivity index (χ0) is 11.4. The number of carboxylic acid groups (broad SMARTS) is 1. The third kappa shape index (κ3) is 3.91. The fourth-order valence-electron chi connectivity index (χ4n) is 1.33.